The molecule has 8 heteroatoms. The third-order valence-electron chi connectivity index (χ3n) is 8.32. The summed E-state index contributed by atoms with van der Waals surface area (Å²) in [6, 6.07) is 38.8. The maximum absolute atomic E-state index is 12.1. The Balaban J connectivity index is 1.44. The van der Waals surface area contributed by atoms with E-state index in [1.165, 1.54) is 0 Å². The van der Waals surface area contributed by atoms with Crippen molar-refractivity contribution in [2.75, 3.05) is 19.1 Å². The highest BCUT2D eigenvalue weighted by molar-refractivity contribution is 7.86. The second kappa shape index (κ2) is 13.1. The molecule has 0 saturated heterocycles. The molecule has 0 aliphatic heterocycles. The molecule has 0 aliphatic rings. The summed E-state index contributed by atoms with van der Waals surface area (Å²) in [6.45, 7) is 2.17. The van der Waals surface area contributed by atoms with Crippen LogP contribution in [0.2, 0.25) is 0 Å². The molecule has 1 unspecified atom stereocenters. The average molecular weight is 633 g/mol. The van der Waals surface area contributed by atoms with Gasteiger partial charge < -0.3 is 18.9 Å². The second-order valence-electron chi connectivity index (χ2n) is 11.0. The molecule has 1 aromatic heterocycles. The van der Waals surface area contributed by atoms with Gasteiger partial charge in [-0.1, -0.05) is 60.7 Å². The number of allylic oxidation sites excluding steroid dienone is 1. The number of methoxy groups -OCH3 is 2. The van der Waals surface area contributed by atoms with Gasteiger partial charge in [0.25, 0.3) is 10.1 Å². The van der Waals surface area contributed by atoms with Crippen molar-refractivity contribution in [1.29, 1.82) is 0 Å². The lowest BCUT2D eigenvalue weighted by atomic mass is 10.0. The maximum Gasteiger partial charge on any atom is 0.271 e. The van der Waals surface area contributed by atoms with Crippen LogP contribution in [0.15, 0.2) is 127 Å². The van der Waals surface area contributed by atoms with Gasteiger partial charge in [-0.15, -0.1) is 0 Å². The predicted molar refractivity (Wildman–Crippen MR) is 187 cm³/mol. The number of aromatic nitrogens is 1. The standard InChI is InChI=1S/C38H36N2O5S/c1-4-8-33(46(41,42)43)25-26-39-37-12-6-5-9-35(37)36-11-7-10-34(38(36)39)27-13-15-28(16-14-27)40(29-17-21-31(44-2)22-18-29)30-19-23-32(45-3)24-20-30/h4-24,33H,25-26H2,1-3H3,(H,41,42,43)/b8-4+. The molecule has 0 saturated carbocycles. The minimum atomic E-state index is -4.23. The maximum atomic E-state index is 12.1. The third kappa shape index (κ3) is 6.09. The first-order valence-corrected chi connectivity index (χ1v) is 16.6. The van der Waals surface area contributed by atoms with Crippen molar-refractivity contribution < 1.29 is 22.4 Å². The van der Waals surface area contributed by atoms with Crippen LogP contribution in [-0.4, -0.2) is 37.0 Å². The average Bonchev–Trinajstić information content (AvgIpc) is 3.41. The van der Waals surface area contributed by atoms with Crippen LogP contribution in [-0.2, 0) is 16.7 Å². The summed E-state index contributed by atoms with van der Waals surface area (Å²) in [7, 11) is -0.921. The second-order valence-corrected chi connectivity index (χ2v) is 12.7. The number of nitrogens with zero attached hydrogens (tertiary/aromatic N) is 2. The van der Waals surface area contributed by atoms with Crippen molar-refractivity contribution in [2.24, 2.45) is 0 Å². The van der Waals surface area contributed by atoms with Gasteiger partial charge in [-0.25, -0.2) is 0 Å². The zero-order valence-electron chi connectivity index (χ0n) is 26.0. The Kier molecular flexibility index (Phi) is 8.83. The first-order chi connectivity index (χ1) is 22.3. The monoisotopic (exact) mass is 632 g/mol. The zero-order valence-corrected chi connectivity index (χ0v) is 26.8. The van der Waals surface area contributed by atoms with Gasteiger partial charge in [0.15, 0.2) is 0 Å². The summed E-state index contributed by atoms with van der Waals surface area (Å²) in [6.07, 6.45) is 3.45. The van der Waals surface area contributed by atoms with E-state index in [9.17, 15) is 13.0 Å². The molecule has 5 aromatic carbocycles. The molecule has 0 radical (unpaired) electrons. The lowest BCUT2D eigenvalue weighted by Crippen LogP contribution is -2.20. The molecule has 0 spiro atoms. The number of hydrogen-bond acceptors (Lipinski definition) is 5. The Morgan fingerprint density at radius 2 is 1.28 bits per heavy atom. The number of benzene rings is 5. The van der Waals surface area contributed by atoms with E-state index in [1.807, 2.05) is 60.7 Å². The van der Waals surface area contributed by atoms with Gasteiger partial charge in [-0.2, -0.15) is 8.42 Å². The quantitative estimate of drug-likeness (QED) is 0.113. The topological polar surface area (TPSA) is 81.0 Å². The molecule has 46 heavy (non-hydrogen) atoms. The van der Waals surface area contributed by atoms with E-state index in [4.69, 9.17) is 9.47 Å². The highest BCUT2D eigenvalue weighted by Crippen LogP contribution is 2.40. The highest BCUT2D eigenvalue weighted by atomic mass is 32.2. The number of aryl methyl sites for hydroxylation is 1. The number of para-hydroxylation sites is 2. The summed E-state index contributed by atoms with van der Waals surface area (Å²) in [5.41, 5.74) is 7.05. The Labute approximate surface area is 269 Å². The van der Waals surface area contributed by atoms with Crippen molar-refractivity contribution in [3.05, 3.63) is 127 Å². The molecule has 1 atom stereocenters. The van der Waals surface area contributed by atoms with E-state index in [0.717, 1.165) is 61.5 Å². The zero-order chi connectivity index (χ0) is 32.3. The van der Waals surface area contributed by atoms with Gasteiger partial charge in [-0.3, -0.25) is 4.55 Å². The first-order valence-electron chi connectivity index (χ1n) is 15.1. The van der Waals surface area contributed by atoms with Crippen LogP contribution in [0.1, 0.15) is 13.3 Å². The molecule has 6 aromatic rings. The molecule has 234 valence electrons. The molecule has 1 heterocycles. The van der Waals surface area contributed by atoms with Crippen molar-refractivity contribution in [3.63, 3.8) is 0 Å². The summed E-state index contributed by atoms with van der Waals surface area (Å²) in [5.74, 6) is 1.57. The Morgan fingerprint density at radius 1 is 0.739 bits per heavy atom. The third-order valence-corrected chi connectivity index (χ3v) is 9.47. The number of rotatable bonds is 11. The lowest BCUT2D eigenvalue weighted by Gasteiger charge is -2.26. The lowest BCUT2D eigenvalue weighted by molar-refractivity contribution is 0.415. The van der Waals surface area contributed by atoms with Crippen molar-refractivity contribution >= 4 is 49.0 Å². The highest BCUT2D eigenvalue weighted by Gasteiger charge is 2.22. The van der Waals surface area contributed by atoms with Gasteiger partial charge in [0, 0.05) is 45.5 Å². The van der Waals surface area contributed by atoms with Gasteiger partial charge in [0.1, 0.15) is 16.7 Å². The van der Waals surface area contributed by atoms with Crippen LogP contribution in [0, 0.1) is 0 Å². The molecule has 0 aliphatic carbocycles. The minimum absolute atomic E-state index is 0.239. The van der Waals surface area contributed by atoms with Crippen molar-refractivity contribution in [2.45, 2.75) is 25.1 Å². The van der Waals surface area contributed by atoms with E-state index < -0.39 is 15.4 Å². The smallest absolute Gasteiger partial charge is 0.271 e. The normalized spacial score (nSPS) is 12.5. The fourth-order valence-corrected chi connectivity index (χ4v) is 6.85. The molecule has 7 nitrogen and oxygen atoms in total. The van der Waals surface area contributed by atoms with Crippen LogP contribution >= 0.6 is 0 Å². The van der Waals surface area contributed by atoms with Gasteiger partial charge >= 0.3 is 0 Å². The minimum Gasteiger partial charge on any atom is -0.497 e. The molecule has 6 rings (SSSR count). The van der Waals surface area contributed by atoms with Crippen LogP contribution in [0.25, 0.3) is 32.9 Å². The fraction of sp³-hybridized carbons (Fsp3) is 0.158. The fourth-order valence-electron chi connectivity index (χ4n) is 6.09. The van der Waals surface area contributed by atoms with Crippen LogP contribution < -0.4 is 14.4 Å². The first kappa shape index (κ1) is 31.0. The molecule has 0 amide bonds. The van der Waals surface area contributed by atoms with Crippen LogP contribution in [0.3, 0.4) is 0 Å². The van der Waals surface area contributed by atoms with E-state index in [2.05, 4.69) is 64.1 Å². The van der Waals surface area contributed by atoms with Crippen LogP contribution in [0.4, 0.5) is 17.1 Å². The summed E-state index contributed by atoms with van der Waals surface area (Å²) in [5, 5.41) is 1.20. The van der Waals surface area contributed by atoms with Gasteiger partial charge in [0.2, 0.25) is 0 Å². The largest absolute Gasteiger partial charge is 0.497 e. The van der Waals surface area contributed by atoms with E-state index in [-0.39, 0.29) is 6.42 Å². The Morgan fingerprint density at radius 3 is 1.83 bits per heavy atom. The van der Waals surface area contributed by atoms with Gasteiger partial charge in [0.05, 0.1) is 19.7 Å². The number of anilines is 3. The van der Waals surface area contributed by atoms with E-state index in [0.29, 0.717) is 6.54 Å². The molecular weight excluding hydrogens is 596 g/mol. The van der Waals surface area contributed by atoms with Gasteiger partial charge in [-0.05, 0) is 85.6 Å². The van der Waals surface area contributed by atoms with E-state index in [1.54, 1.807) is 33.3 Å². The summed E-state index contributed by atoms with van der Waals surface area (Å²) in [4.78, 5) is 2.18. The Hall–Kier alpha value is -5.05. The van der Waals surface area contributed by atoms with Crippen LogP contribution in [0.5, 0.6) is 11.5 Å². The molecule has 1 N–H and O–H groups in total. The number of ether oxygens (including phenoxy) is 2. The van der Waals surface area contributed by atoms with Crippen molar-refractivity contribution in [1.82, 2.24) is 4.57 Å². The SMILES string of the molecule is C/C=C/C(CCn1c2ccccc2c2cccc(-c3ccc(N(c4ccc(OC)cc4)c4ccc(OC)cc4)cc3)c21)S(=O)(=O)O. The van der Waals surface area contributed by atoms with E-state index >= 15 is 0 Å². The number of fused-ring (bicyclic) bond motifs is 3. The molecule has 0 bridgehead atoms. The predicted octanol–water partition coefficient (Wildman–Crippen LogP) is 9.17. The summed E-state index contributed by atoms with van der Waals surface area (Å²) >= 11 is 0. The molecule has 0 fully saturated rings. The Bertz CT molecular complexity index is 2050. The molecular formula is C38H36N2O5S. The number of hydrogen-bond donors (Lipinski definition) is 1. The summed E-state index contributed by atoms with van der Waals surface area (Å²) < 4.78 is 47.1. The van der Waals surface area contributed by atoms with Crippen molar-refractivity contribution in [3.8, 4) is 22.6 Å².